The summed E-state index contributed by atoms with van der Waals surface area (Å²) in [6.07, 6.45) is -0.211. The van der Waals surface area contributed by atoms with Crippen molar-refractivity contribution in [2.75, 3.05) is 25.0 Å². The number of rotatable bonds is 6. The average molecular weight is 466 g/mol. The Labute approximate surface area is 199 Å². The van der Waals surface area contributed by atoms with Crippen molar-refractivity contribution in [3.63, 3.8) is 0 Å². The summed E-state index contributed by atoms with van der Waals surface area (Å²) in [7, 11) is 0. The van der Waals surface area contributed by atoms with Gasteiger partial charge in [-0.15, -0.1) is 0 Å². The predicted octanol–water partition coefficient (Wildman–Crippen LogP) is 1.95. The van der Waals surface area contributed by atoms with E-state index < -0.39 is 24.2 Å². The van der Waals surface area contributed by atoms with Crippen molar-refractivity contribution in [2.24, 2.45) is 5.73 Å². The van der Waals surface area contributed by atoms with Crippen molar-refractivity contribution < 1.29 is 19.1 Å². The van der Waals surface area contributed by atoms with Crippen LogP contribution in [0.25, 0.3) is 0 Å². The molecule has 9 nitrogen and oxygen atoms in total. The molecule has 2 aliphatic rings. The molecule has 4 rings (SSSR count). The normalized spacial score (nSPS) is 19.8. The first kappa shape index (κ1) is 23.7. The van der Waals surface area contributed by atoms with Gasteiger partial charge in [-0.2, -0.15) is 0 Å². The topological polar surface area (TPSA) is 117 Å². The zero-order valence-electron chi connectivity index (χ0n) is 19.3. The highest BCUT2D eigenvalue weighted by atomic mass is 16.5. The minimum absolute atomic E-state index is 0.247. The summed E-state index contributed by atoms with van der Waals surface area (Å²) < 4.78 is 5.56. The number of urea groups is 1. The molecule has 2 aromatic carbocycles. The molecule has 2 aromatic rings. The molecule has 0 bridgehead atoms. The van der Waals surface area contributed by atoms with Gasteiger partial charge in [0, 0.05) is 38.5 Å². The third-order valence-corrected chi connectivity index (χ3v) is 6.12. The molecule has 2 unspecified atom stereocenters. The minimum atomic E-state index is -1.06. The molecular formula is C25H31N5O4. The molecule has 0 spiro atoms. The van der Waals surface area contributed by atoms with Gasteiger partial charge < -0.3 is 26.0 Å². The number of carbonyl (C=O) groups excluding carboxylic acids is 3. The fourth-order valence-electron chi connectivity index (χ4n) is 4.38. The van der Waals surface area contributed by atoms with E-state index in [4.69, 9.17) is 10.5 Å². The highest BCUT2D eigenvalue weighted by molar-refractivity contribution is 5.96. The van der Waals surface area contributed by atoms with Crippen molar-refractivity contribution in [1.82, 2.24) is 15.1 Å². The van der Waals surface area contributed by atoms with E-state index in [9.17, 15) is 14.4 Å². The van der Waals surface area contributed by atoms with E-state index in [0.29, 0.717) is 25.3 Å². The number of aryl methyl sites for hydroxylation is 1. The predicted molar refractivity (Wildman–Crippen MR) is 128 cm³/mol. The van der Waals surface area contributed by atoms with Gasteiger partial charge in [0.15, 0.2) is 6.17 Å². The second kappa shape index (κ2) is 10.7. The Hall–Kier alpha value is -3.43. The molecule has 0 aliphatic carbocycles. The highest BCUT2D eigenvalue weighted by Crippen LogP contribution is 2.23. The maximum atomic E-state index is 13.3. The number of benzene rings is 2. The highest BCUT2D eigenvalue weighted by Gasteiger charge is 2.45. The van der Waals surface area contributed by atoms with Crippen molar-refractivity contribution in [2.45, 2.75) is 45.1 Å². The quantitative estimate of drug-likeness (QED) is 0.603. The second-order valence-electron chi connectivity index (χ2n) is 8.64. The molecule has 0 aromatic heterocycles. The maximum absolute atomic E-state index is 13.3. The molecule has 2 saturated heterocycles. The SMILES string of the molecule is Cc1cccc(NC(=O)N2CCN(C(=O)C3CCCO3)C2C(=O)NCc2cccc(CN)c2)c1. The zero-order valence-corrected chi connectivity index (χ0v) is 19.3. The van der Waals surface area contributed by atoms with Gasteiger partial charge in [0.2, 0.25) is 0 Å². The van der Waals surface area contributed by atoms with E-state index in [1.165, 1.54) is 9.80 Å². The summed E-state index contributed by atoms with van der Waals surface area (Å²) in [6.45, 7) is 3.64. The number of ether oxygens (including phenoxy) is 1. The molecule has 2 heterocycles. The largest absolute Gasteiger partial charge is 0.368 e. The number of nitrogens with one attached hydrogen (secondary N) is 2. The number of amides is 4. The first-order valence-electron chi connectivity index (χ1n) is 11.6. The van der Waals surface area contributed by atoms with Gasteiger partial charge in [-0.25, -0.2) is 4.79 Å². The third kappa shape index (κ3) is 5.37. The van der Waals surface area contributed by atoms with E-state index >= 15 is 0 Å². The number of hydrogen-bond donors (Lipinski definition) is 3. The second-order valence-corrected chi connectivity index (χ2v) is 8.64. The Morgan fingerprint density at radius 1 is 1.06 bits per heavy atom. The number of carbonyl (C=O) groups is 3. The van der Waals surface area contributed by atoms with Crippen LogP contribution < -0.4 is 16.4 Å². The molecule has 4 amide bonds. The van der Waals surface area contributed by atoms with Crippen LogP contribution in [0.4, 0.5) is 10.5 Å². The molecule has 2 fully saturated rings. The van der Waals surface area contributed by atoms with Gasteiger partial charge in [-0.3, -0.25) is 14.5 Å². The molecular weight excluding hydrogens is 434 g/mol. The Bertz CT molecular complexity index is 1050. The fraction of sp³-hybridized carbons (Fsp3) is 0.400. The van der Waals surface area contributed by atoms with Gasteiger partial charge in [0.25, 0.3) is 11.8 Å². The smallest absolute Gasteiger partial charge is 0.323 e. The molecule has 0 saturated carbocycles. The minimum Gasteiger partial charge on any atom is -0.368 e. The molecule has 9 heteroatoms. The lowest BCUT2D eigenvalue weighted by atomic mass is 10.1. The summed E-state index contributed by atoms with van der Waals surface area (Å²) in [5.41, 5.74) is 9.20. The van der Waals surface area contributed by atoms with Gasteiger partial charge >= 0.3 is 6.03 Å². The first-order chi connectivity index (χ1) is 16.5. The zero-order chi connectivity index (χ0) is 24.1. The summed E-state index contributed by atoms with van der Waals surface area (Å²) in [5.74, 6) is -0.671. The van der Waals surface area contributed by atoms with Crippen LogP contribution in [0, 0.1) is 6.92 Å². The standard InChI is InChI=1S/C25H31N5O4/c1-17-5-2-8-20(13-17)28-25(33)30-11-10-29(24(32)21-9-4-12-34-21)23(30)22(31)27-16-19-7-3-6-18(14-19)15-26/h2-3,5-8,13-14,21,23H,4,9-12,15-16,26H2,1H3,(H,27,31)(H,28,33). The molecule has 0 radical (unpaired) electrons. The van der Waals surface area contributed by atoms with E-state index in [1.54, 1.807) is 6.07 Å². The van der Waals surface area contributed by atoms with Crippen LogP contribution in [0.1, 0.15) is 29.5 Å². The number of nitrogens with zero attached hydrogens (tertiary/aromatic N) is 2. The third-order valence-electron chi connectivity index (χ3n) is 6.12. The average Bonchev–Trinajstić information content (AvgIpc) is 3.53. The van der Waals surface area contributed by atoms with E-state index in [2.05, 4.69) is 10.6 Å². The Morgan fingerprint density at radius 2 is 1.82 bits per heavy atom. The molecule has 4 N–H and O–H groups in total. The number of nitrogens with two attached hydrogens (primary N) is 1. The van der Waals surface area contributed by atoms with Gasteiger partial charge in [0.05, 0.1) is 0 Å². The lowest BCUT2D eigenvalue weighted by molar-refractivity contribution is -0.148. The maximum Gasteiger partial charge on any atom is 0.323 e. The molecule has 180 valence electrons. The summed E-state index contributed by atoms with van der Waals surface area (Å²) in [6, 6.07) is 14.6. The van der Waals surface area contributed by atoms with Gasteiger partial charge in [-0.1, -0.05) is 36.4 Å². The lowest BCUT2D eigenvalue weighted by Crippen LogP contribution is -2.56. The fourth-order valence-corrected chi connectivity index (χ4v) is 4.38. The van der Waals surface area contributed by atoms with Crippen LogP contribution in [-0.2, 0) is 27.4 Å². The summed E-state index contributed by atoms with van der Waals surface area (Å²) in [4.78, 5) is 42.5. The first-order valence-corrected chi connectivity index (χ1v) is 11.6. The van der Waals surface area contributed by atoms with Crippen LogP contribution in [0.3, 0.4) is 0 Å². The Morgan fingerprint density at radius 3 is 2.56 bits per heavy atom. The Balaban J connectivity index is 1.51. The number of anilines is 1. The van der Waals surface area contributed by atoms with Crippen LogP contribution >= 0.6 is 0 Å². The van der Waals surface area contributed by atoms with Crippen LogP contribution in [0.2, 0.25) is 0 Å². The monoisotopic (exact) mass is 465 g/mol. The van der Waals surface area contributed by atoms with E-state index in [-0.39, 0.29) is 25.5 Å². The summed E-state index contributed by atoms with van der Waals surface area (Å²) in [5, 5.41) is 5.74. The van der Waals surface area contributed by atoms with Gasteiger partial charge in [0.1, 0.15) is 6.10 Å². The van der Waals surface area contributed by atoms with Crippen molar-refractivity contribution in [3.8, 4) is 0 Å². The van der Waals surface area contributed by atoms with E-state index in [1.807, 2.05) is 49.4 Å². The van der Waals surface area contributed by atoms with Gasteiger partial charge in [-0.05, 0) is 48.6 Å². The van der Waals surface area contributed by atoms with Crippen LogP contribution in [0.15, 0.2) is 48.5 Å². The van der Waals surface area contributed by atoms with Crippen LogP contribution in [-0.4, -0.2) is 59.6 Å². The number of hydrogen-bond acceptors (Lipinski definition) is 5. The van der Waals surface area contributed by atoms with Crippen molar-refractivity contribution in [3.05, 3.63) is 65.2 Å². The Kier molecular flexibility index (Phi) is 7.44. The van der Waals surface area contributed by atoms with Crippen molar-refractivity contribution >= 4 is 23.5 Å². The van der Waals surface area contributed by atoms with E-state index in [0.717, 1.165) is 23.1 Å². The molecule has 2 aliphatic heterocycles. The molecule has 2 atom stereocenters. The molecule has 34 heavy (non-hydrogen) atoms. The van der Waals surface area contributed by atoms with Crippen molar-refractivity contribution in [1.29, 1.82) is 0 Å². The summed E-state index contributed by atoms with van der Waals surface area (Å²) >= 11 is 0. The van der Waals surface area contributed by atoms with Crippen LogP contribution in [0.5, 0.6) is 0 Å². The lowest BCUT2D eigenvalue weighted by Gasteiger charge is -2.30.